The van der Waals surface area contributed by atoms with Crippen LogP contribution in [0.2, 0.25) is 0 Å². The summed E-state index contributed by atoms with van der Waals surface area (Å²) >= 11 is 0. The van der Waals surface area contributed by atoms with Crippen molar-refractivity contribution in [1.82, 2.24) is 10.3 Å². The van der Waals surface area contributed by atoms with Crippen molar-refractivity contribution in [2.24, 2.45) is 0 Å². The maximum Gasteiger partial charge on any atom is 0.215 e. The largest absolute Gasteiger partial charge is 0.481 e. The monoisotopic (exact) mass is 196 g/mol. The van der Waals surface area contributed by atoms with Crippen molar-refractivity contribution in [2.45, 2.75) is 13.0 Å². The second-order valence-corrected chi connectivity index (χ2v) is 3.17. The summed E-state index contributed by atoms with van der Waals surface area (Å²) in [4.78, 5) is 4.09. The molecule has 1 rings (SSSR count). The molecule has 0 aromatic carbocycles. The van der Waals surface area contributed by atoms with Gasteiger partial charge in [-0.3, -0.25) is 0 Å². The molecule has 0 aliphatic heterocycles. The molecular weight excluding hydrogens is 180 g/mol. The molecule has 1 aromatic rings. The summed E-state index contributed by atoms with van der Waals surface area (Å²) in [6, 6.07) is 1.88. The van der Waals surface area contributed by atoms with Gasteiger partial charge in [-0.05, 0) is 20.0 Å². The van der Waals surface area contributed by atoms with Gasteiger partial charge in [0.1, 0.15) is 0 Å². The molecule has 0 bridgehead atoms. The number of aryl methyl sites for hydroxylation is 1. The maximum atomic E-state index is 9.67. The predicted molar refractivity (Wildman–Crippen MR) is 54.4 cm³/mol. The highest BCUT2D eigenvalue weighted by atomic mass is 16.5. The first-order chi connectivity index (χ1) is 6.69. The second kappa shape index (κ2) is 4.93. The Morgan fingerprint density at radius 3 is 2.86 bits per heavy atom. The lowest BCUT2D eigenvalue weighted by Crippen LogP contribution is -2.17. The highest BCUT2D eigenvalue weighted by Crippen LogP contribution is 2.18. The van der Waals surface area contributed by atoms with Crippen LogP contribution in [0.15, 0.2) is 12.3 Å². The fraction of sp³-hybridized carbons (Fsp3) is 0.500. The standard InChI is InChI=1S/C10H16N2O2/c1-7-4-8(9(13)6-11-2)5-12-10(7)14-3/h4-5,9,11,13H,6H2,1-3H3. The molecule has 0 fully saturated rings. The van der Waals surface area contributed by atoms with Crippen molar-refractivity contribution in [3.63, 3.8) is 0 Å². The highest BCUT2D eigenvalue weighted by molar-refractivity contribution is 5.29. The van der Waals surface area contributed by atoms with E-state index in [0.717, 1.165) is 11.1 Å². The number of aliphatic hydroxyl groups is 1. The van der Waals surface area contributed by atoms with E-state index in [1.54, 1.807) is 20.4 Å². The van der Waals surface area contributed by atoms with Gasteiger partial charge in [0, 0.05) is 23.9 Å². The smallest absolute Gasteiger partial charge is 0.215 e. The zero-order valence-corrected chi connectivity index (χ0v) is 8.74. The number of hydrogen-bond donors (Lipinski definition) is 2. The van der Waals surface area contributed by atoms with E-state index in [-0.39, 0.29) is 0 Å². The minimum atomic E-state index is -0.517. The summed E-state index contributed by atoms with van der Waals surface area (Å²) in [7, 11) is 3.38. The molecule has 1 heterocycles. The molecule has 0 saturated heterocycles. The number of pyridine rings is 1. The van der Waals surface area contributed by atoms with Crippen LogP contribution in [0.5, 0.6) is 5.88 Å². The summed E-state index contributed by atoms with van der Waals surface area (Å²) in [5.74, 6) is 0.602. The molecule has 2 N–H and O–H groups in total. The van der Waals surface area contributed by atoms with E-state index in [2.05, 4.69) is 10.3 Å². The normalized spacial score (nSPS) is 12.6. The number of nitrogens with one attached hydrogen (secondary N) is 1. The van der Waals surface area contributed by atoms with Gasteiger partial charge < -0.3 is 15.2 Å². The summed E-state index contributed by atoms with van der Waals surface area (Å²) in [5.41, 5.74) is 1.73. The van der Waals surface area contributed by atoms with Crippen molar-refractivity contribution >= 4 is 0 Å². The lowest BCUT2D eigenvalue weighted by Gasteiger charge is -2.11. The third-order valence-electron chi connectivity index (χ3n) is 2.03. The molecule has 4 nitrogen and oxygen atoms in total. The van der Waals surface area contributed by atoms with Crippen molar-refractivity contribution in [2.75, 3.05) is 20.7 Å². The van der Waals surface area contributed by atoms with Crippen LogP contribution in [-0.2, 0) is 0 Å². The fourth-order valence-corrected chi connectivity index (χ4v) is 1.29. The first-order valence-electron chi connectivity index (χ1n) is 4.52. The van der Waals surface area contributed by atoms with E-state index in [1.807, 2.05) is 13.0 Å². The van der Waals surface area contributed by atoms with E-state index >= 15 is 0 Å². The summed E-state index contributed by atoms with van der Waals surface area (Å²) in [5, 5.41) is 12.6. The van der Waals surface area contributed by atoms with Crippen LogP contribution < -0.4 is 10.1 Å². The zero-order chi connectivity index (χ0) is 10.6. The van der Waals surface area contributed by atoms with Crippen LogP contribution in [0.3, 0.4) is 0 Å². The van der Waals surface area contributed by atoms with E-state index in [1.165, 1.54) is 0 Å². The quantitative estimate of drug-likeness (QED) is 0.742. The fourth-order valence-electron chi connectivity index (χ4n) is 1.29. The Kier molecular flexibility index (Phi) is 3.85. The van der Waals surface area contributed by atoms with E-state index < -0.39 is 6.10 Å². The Balaban J connectivity index is 2.85. The zero-order valence-electron chi connectivity index (χ0n) is 8.74. The number of ether oxygens (including phenoxy) is 1. The number of hydrogen-bond acceptors (Lipinski definition) is 4. The Bertz CT molecular complexity index is 302. The Morgan fingerprint density at radius 2 is 2.36 bits per heavy atom. The van der Waals surface area contributed by atoms with Gasteiger partial charge in [-0.2, -0.15) is 0 Å². The van der Waals surface area contributed by atoms with Crippen LogP contribution in [0, 0.1) is 6.92 Å². The van der Waals surface area contributed by atoms with Gasteiger partial charge in [-0.15, -0.1) is 0 Å². The van der Waals surface area contributed by atoms with Gasteiger partial charge in [0.25, 0.3) is 0 Å². The highest BCUT2D eigenvalue weighted by Gasteiger charge is 2.08. The molecule has 0 aliphatic rings. The Morgan fingerprint density at radius 1 is 1.64 bits per heavy atom. The molecule has 1 unspecified atom stereocenters. The number of nitrogens with zero attached hydrogens (tertiary/aromatic N) is 1. The molecule has 0 saturated carbocycles. The Labute approximate surface area is 83.9 Å². The number of aliphatic hydroxyl groups excluding tert-OH is 1. The minimum Gasteiger partial charge on any atom is -0.481 e. The number of likely N-dealkylation sites (N-methyl/N-ethyl adjacent to an activating group) is 1. The maximum absolute atomic E-state index is 9.67. The van der Waals surface area contributed by atoms with Gasteiger partial charge in [-0.25, -0.2) is 4.98 Å². The van der Waals surface area contributed by atoms with Crippen molar-refractivity contribution in [1.29, 1.82) is 0 Å². The number of methoxy groups -OCH3 is 1. The van der Waals surface area contributed by atoms with Crippen molar-refractivity contribution < 1.29 is 9.84 Å². The van der Waals surface area contributed by atoms with E-state index in [9.17, 15) is 5.11 Å². The van der Waals surface area contributed by atoms with Gasteiger partial charge >= 0.3 is 0 Å². The van der Waals surface area contributed by atoms with Gasteiger partial charge in [0.15, 0.2) is 0 Å². The number of rotatable bonds is 4. The van der Waals surface area contributed by atoms with Crippen LogP contribution in [-0.4, -0.2) is 30.8 Å². The van der Waals surface area contributed by atoms with Crippen LogP contribution in [0.4, 0.5) is 0 Å². The molecular formula is C10H16N2O2. The average molecular weight is 196 g/mol. The molecule has 0 radical (unpaired) electrons. The molecule has 1 atom stereocenters. The van der Waals surface area contributed by atoms with Crippen molar-refractivity contribution in [3.8, 4) is 5.88 Å². The first-order valence-corrected chi connectivity index (χ1v) is 4.52. The topological polar surface area (TPSA) is 54.4 Å². The van der Waals surface area contributed by atoms with E-state index in [0.29, 0.717) is 12.4 Å². The van der Waals surface area contributed by atoms with Gasteiger partial charge in [0.2, 0.25) is 5.88 Å². The second-order valence-electron chi connectivity index (χ2n) is 3.17. The Hall–Kier alpha value is -1.13. The predicted octanol–water partition coefficient (Wildman–Crippen LogP) is 0.651. The van der Waals surface area contributed by atoms with Gasteiger partial charge in [0.05, 0.1) is 13.2 Å². The third-order valence-corrected chi connectivity index (χ3v) is 2.03. The molecule has 0 amide bonds. The molecule has 4 heteroatoms. The van der Waals surface area contributed by atoms with E-state index in [4.69, 9.17) is 4.74 Å². The summed E-state index contributed by atoms with van der Waals surface area (Å²) in [6.45, 7) is 2.43. The molecule has 0 aliphatic carbocycles. The molecule has 0 spiro atoms. The van der Waals surface area contributed by atoms with Crippen molar-refractivity contribution in [3.05, 3.63) is 23.4 Å². The van der Waals surface area contributed by atoms with Gasteiger partial charge in [-0.1, -0.05) is 0 Å². The first kappa shape index (κ1) is 10.9. The average Bonchev–Trinajstić information content (AvgIpc) is 2.18. The molecule has 78 valence electrons. The summed E-state index contributed by atoms with van der Waals surface area (Å²) in [6.07, 6.45) is 1.12. The van der Waals surface area contributed by atoms with Crippen LogP contribution >= 0.6 is 0 Å². The number of aromatic nitrogens is 1. The van der Waals surface area contributed by atoms with Crippen LogP contribution in [0.25, 0.3) is 0 Å². The molecule has 14 heavy (non-hydrogen) atoms. The lowest BCUT2D eigenvalue weighted by atomic mass is 10.1. The molecule has 1 aromatic heterocycles. The minimum absolute atomic E-state index is 0.517. The SMILES string of the molecule is CNCC(O)c1cnc(OC)c(C)c1. The van der Waals surface area contributed by atoms with Crippen LogP contribution in [0.1, 0.15) is 17.2 Å². The summed E-state index contributed by atoms with van der Waals surface area (Å²) < 4.78 is 5.03. The third kappa shape index (κ3) is 2.43. The lowest BCUT2D eigenvalue weighted by molar-refractivity contribution is 0.177.